The number of fused-ring (bicyclic) bond motifs is 1. The van der Waals surface area contributed by atoms with Crippen LogP contribution >= 0.6 is 0 Å². The summed E-state index contributed by atoms with van der Waals surface area (Å²) >= 11 is 0. The minimum atomic E-state index is -3.70. The van der Waals surface area contributed by atoms with Crippen LogP contribution in [-0.4, -0.2) is 46.0 Å². The summed E-state index contributed by atoms with van der Waals surface area (Å²) in [7, 11) is 0.276. The summed E-state index contributed by atoms with van der Waals surface area (Å²) in [5, 5.41) is 1.74. The Morgan fingerprint density at radius 2 is 1.61 bits per heavy atom. The van der Waals surface area contributed by atoms with Gasteiger partial charge in [-0.25, -0.2) is 13.1 Å². The van der Waals surface area contributed by atoms with Crippen LogP contribution in [0.25, 0.3) is 10.8 Å². The van der Waals surface area contributed by atoms with Crippen molar-refractivity contribution in [1.82, 2.24) is 4.72 Å². The first-order valence-electron chi connectivity index (χ1n) is 13.8. The molecule has 36 heavy (non-hydrogen) atoms. The lowest BCUT2D eigenvalue weighted by molar-refractivity contribution is -0.309. The van der Waals surface area contributed by atoms with Crippen molar-refractivity contribution in [2.75, 3.05) is 25.6 Å². The first kappa shape index (κ1) is 23.4. The summed E-state index contributed by atoms with van der Waals surface area (Å²) in [6, 6.07) is 11.5. The molecule has 2 aromatic carbocycles. The van der Waals surface area contributed by atoms with E-state index in [9.17, 15) is 8.42 Å². The highest BCUT2D eigenvalue weighted by molar-refractivity contribution is 7.89. The van der Waals surface area contributed by atoms with Crippen molar-refractivity contribution in [3.63, 3.8) is 0 Å². The van der Waals surface area contributed by atoms with Crippen LogP contribution in [0.3, 0.4) is 0 Å². The van der Waals surface area contributed by atoms with Crippen molar-refractivity contribution in [2.45, 2.75) is 86.0 Å². The first-order valence-corrected chi connectivity index (χ1v) is 15.3. The Kier molecular flexibility index (Phi) is 5.16. The summed E-state index contributed by atoms with van der Waals surface area (Å²) in [6.07, 6.45) is 10.7. The molecule has 2 spiro atoms. The Bertz CT molecular complexity index is 1280. The van der Waals surface area contributed by atoms with E-state index in [1.807, 2.05) is 49.3 Å². The monoisotopic (exact) mass is 510 g/mol. The maximum atomic E-state index is 14.0. The number of nitrogens with zero attached hydrogens (tertiary/aromatic N) is 1. The SMILES string of the molecule is CN(C)c1cccc2c(S(=O)(=O)NC34CC5CC(C3)C3(OCC6(CCCCC6)O3)C(C5)C4)cccc12. The highest BCUT2D eigenvalue weighted by Crippen LogP contribution is 2.64. The van der Waals surface area contributed by atoms with Gasteiger partial charge < -0.3 is 14.4 Å². The van der Waals surface area contributed by atoms with Gasteiger partial charge >= 0.3 is 0 Å². The van der Waals surface area contributed by atoms with Crippen molar-refractivity contribution in [3.8, 4) is 0 Å². The maximum Gasteiger partial charge on any atom is 0.241 e. The Morgan fingerprint density at radius 3 is 2.33 bits per heavy atom. The quantitative estimate of drug-likeness (QED) is 0.612. The Labute approximate surface area is 214 Å². The summed E-state index contributed by atoms with van der Waals surface area (Å²) in [5.74, 6) is 0.573. The van der Waals surface area contributed by atoms with E-state index >= 15 is 0 Å². The molecule has 5 saturated carbocycles. The molecule has 6 fully saturated rings. The predicted octanol–water partition coefficient (Wildman–Crippen LogP) is 5.21. The lowest BCUT2D eigenvalue weighted by Gasteiger charge is -2.63. The van der Waals surface area contributed by atoms with E-state index in [2.05, 4.69) is 4.72 Å². The summed E-state index contributed by atoms with van der Waals surface area (Å²) in [6.45, 7) is 0.716. The van der Waals surface area contributed by atoms with Gasteiger partial charge in [0.2, 0.25) is 10.0 Å². The number of benzene rings is 2. The molecule has 1 saturated heterocycles. The molecule has 2 aromatic rings. The molecule has 2 unspecified atom stereocenters. The Hall–Kier alpha value is -1.67. The van der Waals surface area contributed by atoms with Crippen LogP contribution in [-0.2, 0) is 19.5 Å². The van der Waals surface area contributed by atoms with E-state index in [1.54, 1.807) is 6.07 Å². The average Bonchev–Trinajstić information content (AvgIpc) is 3.20. The van der Waals surface area contributed by atoms with Crippen LogP contribution in [0.4, 0.5) is 5.69 Å². The molecule has 7 heteroatoms. The molecular formula is C29H38N2O4S. The van der Waals surface area contributed by atoms with Crippen LogP contribution in [0.2, 0.25) is 0 Å². The second-order valence-corrected chi connectivity index (χ2v) is 14.3. The van der Waals surface area contributed by atoms with Crippen LogP contribution in [0.5, 0.6) is 0 Å². The molecule has 1 heterocycles. The molecule has 8 rings (SSSR count). The van der Waals surface area contributed by atoms with Crippen molar-refractivity contribution >= 4 is 26.5 Å². The number of hydrogen-bond acceptors (Lipinski definition) is 5. The van der Waals surface area contributed by atoms with E-state index in [1.165, 1.54) is 19.3 Å². The molecule has 4 bridgehead atoms. The summed E-state index contributed by atoms with van der Waals surface area (Å²) in [5.41, 5.74) is 0.512. The number of ether oxygens (including phenoxy) is 2. The van der Waals surface area contributed by atoms with Gasteiger partial charge in [0.05, 0.1) is 17.1 Å². The summed E-state index contributed by atoms with van der Waals surface area (Å²) < 4.78 is 44.9. The molecule has 6 aliphatic rings. The molecule has 2 atom stereocenters. The molecule has 194 valence electrons. The van der Waals surface area contributed by atoms with E-state index in [-0.39, 0.29) is 17.4 Å². The van der Waals surface area contributed by atoms with Crippen molar-refractivity contribution in [2.24, 2.45) is 17.8 Å². The molecule has 1 aliphatic heterocycles. The third-order valence-corrected chi connectivity index (χ3v) is 11.6. The number of anilines is 1. The topological polar surface area (TPSA) is 67.9 Å². The number of nitrogens with one attached hydrogen (secondary N) is 1. The van der Waals surface area contributed by atoms with Gasteiger partial charge in [-0.3, -0.25) is 0 Å². The van der Waals surface area contributed by atoms with E-state index in [4.69, 9.17) is 9.47 Å². The Morgan fingerprint density at radius 1 is 0.917 bits per heavy atom. The molecule has 0 amide bonds. The fourth-order valence-electron chi connectivity index (χ4n) is 8.77. The largest absolute Gasteiger partial charge is 0.377 e. The standard InChI is InChI=1S/C29H38N2O4S/c1-31(2)25-10-6-9-24-23(25)8-7-11-26(24)36(32,33)30-27-16-20-14-21(17-27)29(22(15-20)18-27)34-19-28(35-29)12-4-3-5-13-28/h6-11,20-22,30H,3-5,12-19H2,1-2H3. The van der Waals surface area contributed by atoms with Gasteiger partial charge in [-0.2, -0.15) is 0 Å². The molecule has 0 radical (unpaired) electrons. The van der Waals surface area contributed by atoms with Crippen molar-refractivity contribution < 1.29 is 17.9 Å². The fraction of sp³-hybridized carbons (Fsp3) is 0.655. The van der Waals surface area contributed by atoms with Gasteiger partial charge in [0.15, 0.2) is 5.79 Å². The molecule has 6 nitrogen and oxygen atoms in total. The minimum Gasteiger partial charge on any atom is -0.377 e. The smallest absolute Gasteiger partial charge is 0.241 e. The van der Waals surface area contributed by atoms with Gasteiger partial charge in [0.25, 0.3) is 0 Å². The van der Waals surface area contributed by atoms with Gasteiger partial charge in [-0.1, -0.05) is 43.5 Å². The number of hydrogen-bond donors (Lipinski definition) is 1. The molecular weight excluding hydrogens is 472 g/mol. The van der Waals surface area contributed by atoms with Crippen LogP contribution in [0.15, 0.2) is 41.3 Å². The zero-order valence-corrected chi connectivity index (χ0v) is 22.3. The predicted molar refractivity (Wildman–Crippen MR) is 140 cm³/mol. The normalized spacial score (nSPS) is 36.8. The van der Waals surface area contributed by atoms with Gasteiger partial charge in [0.1, 0.15) is 0 Å². The van der Waals surface area contributed by atoms with E-state index in [0.29, 0.717) is 17.4 Å². The second kappa shape index (κ2) is 7.92. The first-order chi connectivity index (χ1) is 17.2. The zero-order valence-electron chi connectivity index (χ0n) is 21.5. The second-order valence-electron chi connectivity index (χ2n) is 12.6. The highest BCUT2D eigenvalue weighted by atomic mass is 32.2. The zero-order chi connectivity index (χ0) is 24.8. The lowest BCUT2D eigenvalue weighted by Crippen LogP contribution is -2.68. The van der Waals surface area contributed by atoms with Crippen LogP contribution in [0.1, 0.15) is 64.2 Å². The van der Waals surface area contributed by atoms with E-state index < -0.39 is 21.3 Å². The van der Waals surface area contributed by atoms with Gasteiger partial charge in [-0.15, -0.1) is 0 Å². The average molecular weight is 511 g/mol. The van der Waals surface area contributed by atoms with Crippen molar-refractivity contribution in [1.29, 1.82) is 0 Å². The fourth-order valence-corrected chi connectivity index (χ4v) is 10.4. The van der Waals surface area contributed by atoms with Crippen molar-refractivity contribution in [3.05, 3.63) is 36.4 Å². The van der Waals surface area contributed by atoms with Gasteiger partial charge in [-0.05, 0) is 63.0 Å². The minimum absolute atomic E-state index is 0.104. The molecule has 1 N–H and O–H groups in total. The summed E-state index contributed by atoms with van der Waals surface area (Å²) in [4.78, 5) is 2.41. The maximum absolute atomic E-state index is 14.0. The molecule has 0 aromatic heterocycles. The Balaban J connectivity index is 1.20. The number of sulfonamides is 1. The number of rotatable bonds is 4. The lowest BCUT2D eigenvalue weighted by atomic mass is 9.50. The third-order valence-electron chi connectivity index (χ3n) is 10.0. The highest BCUT2D eigenvalue weighted by Gasteiger charge is 2.68. The van der Waals surface area contributed by atoms with Gasteiger partial charge in [0, 0.05) is 47.9 Å². The van der Waals surface area contributed by atoms with Crippen LogP contribution in [0, 0.1) is 17.8 Å². The molecule has 5 aliphatic carbocycles. The van der Waals surface area contributed by atoms with Crippen LogP contribution < -0.4 is 9.62 Å². The van der Waals surface area contributed by atoms with E-state index in [0.717, 1.165) is 61.4 Å². The third kappa shape index (κ3) is 3.42.